The van der Waals surface area contributed by atoms with Crippen LogP contribution in [-0.4, -0.2) is 165 Å². The van der Waals surface area contributed by atoms with Crippen LogP contribution in [0.15, 0.2) is 78.9 Å². The molecule has 508 valence electrons. The second kappa shape index (κ2) is 41.3. The number of benzene rings is 6. The zero-order valence-corrected chi connectivity index (χ0v) is 51.8. The van der Waals surface area contributed by atoms with E-state index >= 15 is 0 Å². The van der Waals surface area contributed by atoms with Crippen LogP contribution < -0.4 is 28.4 Å². The van der Waals surface area contributed by atoms with E-state index in [1.165, 1.54) is 79.1 Å². The highest BCUT2D eigenvalue weighted by Gasteiger charge is 2.18. The zero-order chi connectivity index (χ0) is 70.7. The zero-order valence-electron chi connectivity index (χ0n) is 51.8. The number of carboxylic acid groups (broad SMARTS) is 6. The van der Waals surface area contributed by atoms with E-state index in [1.54, 1.807) is 36.4 Å². The van der Waals surface area contributed by atoms with Gasteiger partial charge in [-0.3, -0.25) is 24.0 Å². The molecule has 0 saturated heterocycles. The summed E-state index contributed by atoms with van der Waals surface area (Å²) in [4.78, 5) is 62.3. The van der Waals surface area contributed by atoms with Gasteiger partial charge < -0.3 is 115 Å². The van der Waals surface area contributed by atoms with Crippen molar-refractivity contribution in [3.05, 3.63) is 135 Å². The molecule has 0 unspecified atom stereocenters. The van der Waals surface area contributed by atoms with E-state index in [-0.39, 0.29) is 129 Å². The summed E-state index contributed by atoms with van der Waals surface area (Å²) in [6, 6.07) is 18.6. The van der Waals surface area contributed by atoms with Crippen molar-refractivity contribution < 1.29 is 144 Å². The highest BCUT2D eigenvalue weighted by atomic mass is 16.5. The van der Waals surface area contributed by atoms with E-state index in [0.29, 0.717) is 68.0 Å². The maximum Gasteiger partial charge on any atom is 0.328 e. The van der Waals surface area contributed by atoms with Crippen molar-refractivity contribution in [2.45, 2.75) is 91.0 Å². The number of ether oxygens (including phenoxy) is 6. The van der Waals surface area contributed by atoms with E-state index in [2.05, 4.69) is 0 Å². The number of methoxy groups -OCH3 is 6. The van der Waals surface area contributed by atoms with Gasteiger partial charge in [0.05, 0.1) is 62.5 Å². The fraction of sp³-hybridized carbons (Fsp3) is 0.312. The van der Waals surface area contributed by atoms with Gasteiger partial charge in [-0.05, 0) is 114 Å². The first-order valence-corrected chi connectivity index (χ1v) is 27.4. The lowest BCUT2D eigenvalue weighted by molar-refractivity contribution is -0.138. The number of hydrogen-bond donors (Lipinski definition) is 17. The second-order valence-corrected chi connectivity index (χ2v) is 19.0. The molecule has 6 aromatic rings. The van der Waals surface area contributed by atoms with Crippen LogP contribution >= 0.6 is 0 Å². The summed E-state index contributed by atoms with van der Waals surface area (Å²) in [5.74, 6) is -6.30. The molecule has 29 heteroatoms. The maximum atomic E-state index is 10.5. The largest absolute Gasteiger partial charge is 0.504 e. The van der Waals surface area contributed by atoms with Gasteiger partial charge in [0, 0.05) is 54.9 Å². The van der Waals surface area contributed by atoms with Gasteiger partial charge in [-0.1, -0.05) is 42.5 Å². The number of carboxylic acids is 6. The summed E-state index contributed by atoms with van der Waals surface area (Å²) in [5.41, 5.74) is 5.39. The minimum Gasteiger partial charge on any atom is -0.504 e. The summed E-state index contributed by atoms with van der Waals surface area (Å²) >= 11 is 0. The smallest absolute Gasteiger partial charge is 0.328 e. The Morgan fingerprint density at radius 3 is 1.11 bits per heavy atom. The normalized spacial score (nSPS) is 10.1. The third-order valence-corrected chi connectivity index (χ3v) is 13.0. The van der Waals surface area contributed by atoms with Crippen LogP contribution in [0.2, 0.25) is 0 Å². The Hall–Kier alpha value is -11.0. The van der Waals surface area contributed by atoms with Crippen LogP contribution in [0, 0.1) is 6.92 Å². The van der Waals surface area contributed by atoms with Crippen molar-refractivity contribution in [3.63, 3.8) is 0 Å². The van der Waals surface area contributed by atoms with Crippen molar-refractivity contribution in [1.82, 2.24) is 0 Å². The summed E-state index contributed by atoms with van der Waals surface area (Å²) in [7, 11) is 8.56. The predicted octanol–water partition coefficient (Wildman–Crippen LogP) is 6.79. The Kier molecular flexibility index (Phi) is 35.5. The summed E-state index contributed by atoms with van der Waals surface area (Å²) in [6.45, 7) is 1.03. The van der Waals surface area contributed by atoms with Crippen LogP contribution in [0.25, 0.3) is 6.08 Å². The fourth-order valence-electron chi connectivity index (χ4n) is 8.19. The number of carbonyl (C=O) groups is 6. The third-order valence-electron chi connectivity index (χ3n) is 13.0. The highest BCUT2D eigenvalue weighted by Crippen LogP contribution is 2.41. The molecule has 93 heavy (non-hydrogen) atoms. The van der Waals surface area contributed by atoms with Gasteiger partial charge >= 0.3 is 35.8 Å². The lowest BCUT2D eigenvalue weighted by Crippen LogP contribution is -2.02. The average molecular weight is 1310 g/mol. The average Bonchev–Trinajstić information content (AvgIpc) is 1.57. The molecular formula is C64H78O29. The van der Waals surface area contributed by atoms with Gasteiger partial charge in [0.15, 0.2) is 57.5 Å². The van der Waals surface area contributed by atoms with Crippen molar-refractivity contribution in [2.75, 3.05) is 42.7 Å². The van der Waals surface area contributed by atoms with Gasteiger partial charge in [-0.25, -0.2) is 4.79 Å². The highest BCUT2D eigenvalue weighted by molar-refractivity contribution is 5.86. The van der Waals surface area contributed by atoms with Crippen molar-refractivity contribution >= 4 is 41.9 Å². The van der Waals surface area contributed by atoms with Crippen molar-refractivity contribution in [3.8, 4) is 80.5 Å². The first-order valence-electron chi connectivity index (χ1n) is 27.4. The molecule has 0 heterocycles. The van der Waals surface area contributed by atoms with Crippen LogP contribution in [0.5, 0.6) is 80.5 Å². The molecule has 0 fully saturated rings. The Balaban J connectivity index is 0.000000558. The Morgan fingerprint density at radius 2 is 0.699 bits per heavy atom. The number of aliphatic hydroxyl groups is 3. The first-order chi connectivity index (χ1) is 44.0. The van der Waals surface area contributed by atoms with Crippen LogP contribution in [0.1, 0.15) is 87.7 Å². The number of phenolic OH excluding ortho intramolecular Hbond substituents is 7. The van der Waals surface area contributed by atoms with Gasteiger partial charge in [0.2, 0.25) is 17.2 Å². The number of aliphatic hydroxyl groups excluding tert-OH is 3. The molecule has 6 aromatic carbocycles. The van der Waals surface area contributed by atoms with Crippen molar-refractivity contribution in [2.24, 2.45) is 0 Å². The summed E-state index contributed by atoms with van der Waals surface area (Å²) in [5, 5.41) is 154. The lowest BCUT2D eigenvalue weighted by atomic mass is 10.0. The number of hydrogen-bond acceptors (Lipinski definition) is 23. The molecule has 0 bridgehead atoms. The second-order valence-electron chi connectivity index (χ2n) is 19.0. The molecule has 0 spiro atoms. The molecule has 29 nitrogen and oxygen atoms in total. The monoisotopic (exact) mass is 1310 g/mol. The van der Waals surface area contributed by atoms with E-state index in [9.17, 15) is 69.6 Å². The topological polar surface area (TPSA) is 502 Å². The fourth-order valence-corrected chi connectivity index (χ4v) is 8.19. The number of phenols is 8. The van der Waals surface area contributed by atoms with E-state index < -0.39 is 53.1 Å². The van der Waals surface area contributed by atoms with Gasteiger partial charge in [-0.2, -0.15) is 0 Å². The van der Waals surface area contributed by atoms with Crippen molar-refractivity contribution in [1.29, 1.82) is 0 Å². The van der Waals surface area contributed by atoms with Crippen LogP contribution in [-0.2, 0) is 80.7 Å². The number of aryl methyl sites for hydroxylation is 6. The Morgan fingerprint density at radius 1 is 0.344 bits per heavy atom. The lowest BCUT2D eigenvalue weighted by Gasteiger charge is -2.12. The molecule has 6 rings (SSSR count). The molecule has 0 aliphatic rings. The molecule has 0 aromatic heterocycles. The molecule has 17 N–H and O–H groups in total. The Labute approximate surface area is 532 Å². The predicted molar refractivity (Wildman–Crippen MR) is 330 cm³/mol. The minimum absolute atomic E-state index is 0.0269. The maximum absolute atomic E-state index is 10.5. The molecule has 0 radical (unpaired) electrons. The quantitative estimate of drug-likeness (QED) is 0.0196. The summed E-state index contributed by atoms with van der Waals surface area (Å²) in [6.07, 6.45) is 3.21. The van der Waals surface area contributed by atoms with E-state index in [1.807, 2.05) is 13.0 Å². The summed E-state index contributed by atoms with van der Waals surface area (Å²) < 4.78 is 29.8. The standard InChI is InChI=1S/C12H14O4.3C11H14O5.C10H12O5.C9H10O5/c1-8-3-4-9(5-6-11(14)15)10(7-13)12(8)16-2;1-15-8-5-3-7(4-6-9(12)13)10(14)11(8)16-2;1-16-9-4-2-7(3-5-10(13)14)8(6-12)11(9)15;1-16-11-8(6-12)7(2-4-9(11)13)3-5-10(14)15;1-15-7-4-2-6(3-5-8(11)12)9(13)10(7)14;10-6-3-1-5(2-4-7(11)12)8(13)9(6)14/h3-6,13H,7H2,1-2H3,(H,14,15);3,5,14H,4,6H2,1-2H3,(H,12,13);2,4,12,15H,3,5-6H2,1H3,(H,13,14);2,4,12-13H,3,5-6H2,1H3,(H,14,15);2,4,13-14H,3,5H2,1H3,(H,11,12);1,3,10,13-14H,2,4H2,(H,11,12)/b6-5+;;;;;. The van der Waals surface area contributed by atoms with Crippen LogP contribution in [0.4, 0.5) is 0 Å². The number of aliphatic carboxylic acids is 6. The molecule has 0 amide bonds. The SMILES string of the molecule is COc1c(C)ccc(/C=C/C(=O)O)c1CO.COc1c(O)ccc(CCC(=O)O)c1CO.COc1ccc(CCC(=O)O)c(CO)c1O.COc1ccc(CCC(=O)O)c(O)c1O.COc1ccc(CCC(=O)O)c(O)c1OC.O=C(O)CCc1ccc(O)c(O)c1O. The van der Waals surface area contributed by atoms with E-state index in [4.69, 9.17) is 74.4 Å². The van der Waals surface area contributed by atoms with E-state index in [0.717, 1.165) is 11.6 Å². The van der Waals surface area contributed by atoms with Gasteiger partial charge in [-0.15, -0.1) is 0 Å². The minimum atomic E-state index is -1.02. The molecule has 0 aliphatic carbocycles. The van der Waals surface area contributed by atoms with Gasteiger partial charge in [0.25, 0.3) is 0 Å². The van der Waals surface area contributed by atoms with Gasteiger partial charge in [0.1, 0.15) is 5.75 Å². The van der Waals surface area contributed by atoms with Crippen LogP contribution in [0.3, 0.4) is 0 Å². The number of rotatable bonds is 26. The molecule has 0 saturated carbocycles. The first kappa shape index (κ1) is 80.0. The third kappa shape index (κ3) is 26.1. The molecule has 0 atom stereocenters. The Bertz CT molecular complexity index is 3480. The molecule has 0 aliphatic heterocycles. The molecular weight excluding hydrogens is 1230 g/mol. The number of aromatic hydroxyl groups is 8.